The van der Waals surface area contributed by atoms with Crippen molar-refractivity contribution in [3.8, 4) is 11.1 Å². The largest absolute Gasteiger partial charge is 0.291 e. The topological polar surface area (TPSA) is 32.3 Å². The van der Waals surface area contributed by atoms with Gasteiger partial charge in [-0.3, -0.25) is 10.7 Å². The van der Waals surface area contributed by atoms with E-state index in [1.165, 1.54) is 11.1 Å². The molecule has 2 rings (SSSR count). The van der Waals surface area contributed by atoms with Crippen LogP contribution in [0.4, 0.5) is 5.69 Å². The van der Waals surface area contributed by atoms with Gasteiger partial charge in [0.25, 0.3) is 0 Å². The first kappa shape index (κ1) is 12.7. The van der Waals surface area contributed by atoms with Gasteiger partial charge in [-0.25, -0.2) is 0 Å². The van der Waals surface area contributed by atoms with E-state index >= 15 is 0 Å². The highest BCUT2D eigenvalue weighted by molar-refractivity contribution is 5.69. The van der Waals surface area contributed by atoms with E-state index in [4.69, 9.17) is 0 Å². The van der Waals surface area contributed by atoms with E-state index in [1.807, 2.05) is 30.3 Å². The van der Waals surface area contributed by atoms with Crippen molar-refractivity contribution in [3.05, 3.63) is 54.1 Å². The van der Waals surface area contributed by atoms with E-state index in [0.717, 1.165) is 11.3 Å². The normalized spacial score (nSPS) is 11.3. The third-order valence-electron chi connectivity index (χ3n) is 3.06. The van der Waals surface area contributed by atoms with Crippen LogP contribution in [-0.4, -0.2) is 5.21 Å². The highest BCUT2D eigenvalue weighted by Crippen LogP contribution is 2.33. The number of hydrogen-bond acceptors (Lipinski definition) is 2. The summed E-state index contributed by atoms with van der Waals surface area (Å²) >= 11 is 0. The molecule has 0 heterocycles. The lowest BCUT2D eigenvalue weighted by molar-refractivity contribution is 0.386. The third-order valence-corrected chi connectivity index (χ3v) is 3.06. The molecule has 18 heavy (non-hydrogen) atoms. The van der Waals surface area contributed by atoms with E-state index in [9.17, 15) is 5.21 Å². The van der Waals surface area contributed by atoms with Crippen molar-refractivity contribution >= 4 is 5.69 Å². The number of rotatable bonds is 2. The average molecular weight is 241 g/mol. The highest BCUT2D eigenvalue weighted by atomic mass is 16.5. The van der Waals surface area contributed by atoms with Gasteiger partial charge in [0.05, 0.1) is 5.69 Å². The molecule has 0 spiro atoms. The van der Waals surface area contributed by atoms with Crippen LogP contribution in [0.5, 0.6) is 0 Å². The molecule has 2 aromatic carbocycles. The minimum absolute atomic E-state index is 0.0180. The first-order valence-corrected chi connectivity index (χ1v) is 6.12. The van der Waals surface area contributed by atoms with Gasteiger partial charge in [-0.2, -0.15) is 0 Å². The molecule has 0 atom stereocenters. The lowest BCUT2D eigenvalue weighted by Crippen LogP contribution is -2.14. The van der Waals surface area contributed by atoms with Crippen LogP contribution >= 0.6 is 0 Å². The molecule has 2 aromatic rings. The van der Waals surface area contributed by atoms with Crippen LogP contribution in [-0.2, 0) is 5.41 Å². The van der Waals surface area contributed by atoms with Crippen LogP contribution in [0.2, 0.25) is 0 Å². The Kier molecular flexibility index (Phi) is 3.39. The van der Waals surface area contributed by atoms with Crippen molar-refractivity contribution in [1.29, 1.82) is 0 Å². The molecule has 0 bridgehead atoms. The zero-order valence-electron chi connectivity index (χ0n) is 11.1. The van der Waals surface area contributed by atoms with Crippen molar-refractivity contribution in [2.45, 2.75) is 26.2 Å². The Bertz CT molecular complexity index is 527. The Hall–Kier alpha value is -1.80. The monoisotopic (exact) mass is 241 g/mol. The van der Waals surface area contributed by atoms with Crippen molar-refractivity contribution in [3.63, 3.8) is 0 Å². The SMILES string of the molecule is CC(C)(C)c1cc(-c2ccccc2)ccc1NO. The highest BCUT2D eigenvalue weighted by Gasteiger charge is 2.18. The Morgan fingerprint density at radius 3 is 2.11 bits per heavy atom. The maximum atomic E-state index is 9.19. The summed E-state index contributed by atoms with van der Waals surface area (Å²) in [5, 5.41) is 9.19. The second-order valence-electron chi connectivity index (χ2n) is 5.49. The van der Waals surface area contributed by atoms with Crippen LogP contribution in [0.25, 0.3) is 11.1 Å². The maximum Gasteiger partial charge on any atom is 0.0639 e. The molecule has 2 N–H and O–H groups in total. The van der Waals surface area contributed by atoms with Crippen LogP contribution in [0, 0.1) is 0 Å². The summed E-state index contributed by atoms with van der Waals surface area (Å²) in [6, 6.07) is 16.3. The van der Waals surface area contributed by atoms with Gasteiger partial charge in [0.15, 0.2) is 0 Å². The van der Waals surface area contributed by atoms with E-state index in [2.05, 4.69) is 44.5 Å². The van der Waals surface area contributed by atoms with Crippen molar-refractivity contribution in [2.24, 2.45) is 0 Å². The standard InChI is InChI=1S/C16H19NO/c1-16(2,3)14-11-13(9-10-15(14)17-18)12-7-5-4-6-8-12/h4-11,17-18H,1-3H3. The minimum Gasteiger partial charge on any atom is -0.291 e. The molecule has 0 aromatic heterocycles. The van der Waals surface area contributed by atoms with Gasteiger partial charge in [0.1, 0.15) is 0 Å². The fraction of sp³-hybridized carbons (Fsp3) is 0.250. The lowest BCUT2D eigenvalue weighted by atomic mass is 9.84. The smallest absolute Gasteiger partial charge is 0.0639 e. The van der Waals surface area contributed by atoms with Gasteiger partial charge in [-0.15, -0.1) is 0 Å². The molecule has 94 valence electrons. The summed E-state index contributed by atoms with van der Waals surface area (Å²) < 4.78 is 0. The predicted octanol–water partition coefficient (Wildman–Crippen LogP) is 4.45. The summed E-state index contributed by atoms with van der Waals surface area (Å²) in [6.45, 7) is 6.41. The molecule has 0 aliphatic rings. The Balaban J connectivity index is 2.53. The van der Waals surface area contributed by atoms with Gasteiger partial charge in [0.2, 0.25) is 0 Å². The zero-order valence-corrected chi connectivity index (χ0v) is 11.1. The van der Waals surface area contributed by atoms with Gasteiger partial charge < -0.3 is 0 Å². The van der Waals surface area contributed by atoms with Crippen molar-refractivity contribution < 1.29 is 5.21 Å². The van der Waals surface area contributed by atoms with Crippen molar-refractivity contribution in [2.75, 3.05) is 5.48 Å². The average Bonchev–Trinajstić information content (AvgIpc) is 2.38. The summed E-state index contributed by atoms with van der Waals surface area (Å²) in [6.07, 6.45) is 0. The van der Waals surface area contributed by atoms with Gasteiger partial charge in [0, 0.05) is 0 Å². The number of anilines is 1. The molecule has 0 saturated carbocycles. The molecule has 2 heteroatoms. The second-order valence-corrected chi connectivity index (χ2v) is 5.49. The molecule has 0 aliphatic carbocycles. The third kappa shape index (κ3) is 2.54. The Labute approximate surface area is 108 Å². The quantitative estimate of drug-likeness (QED) is 0.761. The Morgan fingerprint density at radius 2 is 1.56 bits per heavy atom. The number of nitrogens with one attached hydrogen (secondary N) is 1. The van der Waals surface area contributed by atoms with E-state index in [-0.39, 0.29) is 5.41 Å². The summed E-state index contributed by atoms with van der Waals surface area (Å²) in [5.74, 6) is 0. The maximum absolute atomic E-state index is 9.19. The second kappa shape index (κ2) is 4.83. The Morgan fingerprint density at radius 1 is 0.889 bits per heavy atom. The summed E-state index contributed by atoms with van der Waals surface area (Å²) in [4.78, 5) is 0. The number of benzene rings is 2. The molecular weight excluding hydrogens is 222 g/mol. The molecule has 0 fully saturated rings. The fourth-order valence-corrected chi connectivity index (χ4v) is 2.07. The molecule has 2 nitrogen and oxygen atoms in total. The molecule has 0 unspecified atom stereocenters. The summed E-state index contributed by atoms with van der Waals surface area (Å²) in [5.41, 5.74) is 6.49. The molecule has 0 aliphatic heterocycles. The van der Waals surface area contributed by atoms with Gasteiger partial charge in [-0.1, -0.05) is 57.2 Å². The van der Waals surface area contributed by atoms with Gasteiger partial charge in [-0.05, 0) is 34.2 Å². The van der Waals surface area contributed by atoms with E-state index < -0.39 is 0 Å². The predicted molar refractivity (Wildman–Crippen MR) is 76.0 cm³/mol. The van der Waals surface area contributed by atoms with Crippen LogP contribution < -0.4 is 5.48 Å². The first-order valence-electron chi connectivity index (χ1n) is 6.12. The van der Waals surface area contributed by atoms with Gasteiger partial charge >= 0.3 is 0 Å². The lowest BCUT2D eigenvalue weighted by Gasteiger charge is -2.23. The molecule has 0 saturated heterocycles. The molecule has 0 radical (unpaired) electrons. The minimum atomic E-state index is -0.0180. The molecular formula is C16H19NO. The zero-order chi connectivity index (χ0) is 13.2. The van der Waals surface area contributed by atoms with Crippen molar-refractivity contribution in [1.82, 2.24) is 0 Å². The van der Waals surface area contributed by atoms with E-state index in [1.54, 1.807) is 0 Å². The van der Waals surface area contributed by atoms with Crippen LogP contribution in [0.3, 0.4) is 0 Å². The number of hydrogen-bond donors (Lipinski definition) is 2. The van der Waals surface area contributed by atoms with Crippen LogP contribution in [0.1, 0.15) is 26.3 Å². The fourth-order valence-electron chi connectivity index (χ4n) is 2.07. The van der Waals surface area contributed by atoms with Crippen LogP contribution in [0.15, 0.2) is 48.5 Å². The molecule has 0 amide bonds. The summed E-state index contributed by atoms with van der Waals surface area (Å²) in [7, 11) is 0. The van der Waals surface area contributed by atoms with E-state index in [0.29, 0.717) is 0 Å². The first-order chi connectivity index (χ1) is 8.52.